The Labute approximate surface area is 238 Å². The zero-order chi connectivity index (χ0) is 27.9. The van der Waals surface area contributed by atoms with E-state index in [0.717, 1.165) is 44.5 Å². The second-order valence-corrected chi connectivity index (χ2v) is 10.5. The van der Waals surface area contributed by atoms with Crippen LogP contribution >= 0.6 is 11.6 Å². The average molecular weight is 572 g/mol. The van der Waals surface area contributed by atoms with Crippen LogP contribution in [0.25, 0.3) is 10.9 Å². The Morgan fingerprint density at radius 1 is 1.12 bits per heavy atom. The number of nitrogens with zero attached hydrogens (tertiary/aromatic N) is 4. The number of likely N-dealkylation sites (N-methyl/N-ethyl adjacent to an activating group) is 1. The molecule has 214 valence electrons. The van der Waals surface area contributed by atoms with Gasteiger partial charge in [0.05, 0.1) is 30.3 Å². The number of hydrogen-bond donors (Lipinski definition) is 3. The topological polar surface area (TPSA) is 104 Å². The standard InChI is InChI=1S/C28H35ClFN7O3/c1-36-16-19-12-22(30)21(29)14-23(19)35-28-20-13-25(39-10-2-4-32-27(38)17-36)26(15-24(20)33-18-34-28)40-11-3-7-37-8-5-31-6-9-37/h12-15,18,31H,2-11,16-17H2,1H3,(H,32,38)(H,33,34,35). The first-order chi connectivity index (χ1) is 19.5. The van der Waals surface area contributed by atoms with Crippen molar-refractivity contribution in [2.24, 2.45) is 0 Å². The Morgan fingerprint density at radius 2 is 1.98 bits per heavy atom. The molecular formula is C28H35ClFN7O3. The van der Waals surface area contributed by atoms with E-state index in [1.54, 1.807) is 7.05 Å². The number of fused-ring (bicyclic) bond motifs is 2. The normalized spacial score (nSPS) is 17.6. The number of rotatable bonds is 5. The average Bonchev–Trinajstić information content (AvgIpc) is 2.94. The summed E-state index contributed by atoms with van der Waals surface area (Å²) in [5, 5.41) is 10.3. The molecule has 2 aliphatic heterocycles. The third-order valence-corrected chi connectivity index (χ3v) is 7.23. The number of anilines is 2. The van der Waals surface area contributed by atoms with E-state index in [9.17, 15) is 9.18 Å². The van der Waals surface area contributed by atoms with Gasteiger partial charge in [0.25, 0.3) is 0 Å². The van der Waals surface area contributed by atoms with Crippen molar-refractivity contribution in [3.8, 4) is 11.5 Å². The monoisotopic (exact) mass is 571 g/mol. The van der Waals surface area contributed by atoms with Crippen LogP contribution in [0, 0.1) is 5.82 Å². The molecule has 12 heteroatoms. The predicted molar refractivity (Wildman–Crippen MR) is 153 cm³/mol. The minimum Gasteiger partial charge on any atom is -0.490 e. The highest BCUT2D eigenvalue weighted by atomic mass is 35.5. The third-order valence-electron chi connectivity index (χ3n) is 6.94. The van der Waals surface area contributed by atoms with E-state index < -0.39 is 5.82 Å². The van der Waals surface area contributed by atoms with Crippen molar-refractivity contribution in [3.63, 3.8) is 0 Å². The summed E-state index contributed by atoms with van der Waals surface area (Å²) in [5.41, 5.74) is 1.90. The molecule has 0 saturated carbocycles. The smallest absolute Gasteiger partial charge is 0.234 e. The van der Waals surface area contributed by atoms with Gasteiger partial charge in [-0.3, -0.25) is 9.69 Å². The van der Waals surface area contributed by atoms with E-state index in [4.69, 9.17) is 21.1 Å². The Hall–Kier alpha value is -3.25. The van der Waals surface area contributed by atoms with Crippen molar-refractivity contribution in [3.05, 3.63) is 47.0 Å². The molecule has 0 spiro atoms. The van der Waals surface area contributed by atoms with E-state index >= 15 is 0 Å². The van der Waals surface area contributed by atoms with Gasteiger partial charge in [-0.2, -0.15) is 0 Å². The Kier molecular flexibility index (Phi) is 9.48. The van der Waals surface area contributed by atoms with E-state index in [1.807, 2.05) is 17.0 Å². The van der Waals surface area contributed by atoms with Crippen LogP contribution in [0.15, 0.2) is 30.6 Å². The maximum absolute atomic E-state index is 14.4. The molecule has 0 unspecified atom stereocenters. The van der Waals surface area contributed by atoms with Crippen molar-refractivity contribution < 1.29 is 18.7 Å². The highest BCUT2D eigenvalue weighted by molar-refractivity contribution is 6.31. The number of carbonyl (C=O) groups excluding carboxylic acids is 1. The summed E-state index contributed by atoms with van der Waals surface area (Å²) in [6, 6.07) is 6.64. The number of amides is 1. The Balaban J connectivity index is 1.44. The molecule has 3 N–H and O–H groups in total. The van der Waals surface area contributed by atoms with Crippen LogP contribution in [-0.2, 0) is 11.3 Å². The highest BCUT2D eigenvalue weighted by Gasteiger charge is 2.18. The second kappa shape index (κ2) is 13.4. The van der Waals surface area contributed by atoms with Gasteiger partial charge in [0, 0.05) is 63.0 Å². The fourth-order valence-electron chi connectivity index (χ4n) is 4.89. The summed E-state index contributed by atoms with van der Waals surface area (Å²) < 4.78 is 26.8. The fourth-order valence-corrected chi connectivity index (χ4v) is 5.05. The number of aromatic nitrogens is 2. The predicted octanol–water partition coefficient (Wildman–Crippen LogP) is 3.17. The molecule has 0 radical (unpaired) electrons. The van der Waals surface area contributed by atoms with Gasteiger partial charge in [0.15, 0.2) is 11.5 Å². The molecule has 2 aromatic carbocycles. The maximum Gasteiger partial charge on any atom is 0.234 e. The van der Waals surface area contributed by atoms with Gasteiger partial charge in [-0.05, 0) is 43.7 Å². The first kappa shape index (κ1) is 28.3. The van der Waals surface area contributed by atoms with Gasteiger partial charge in [0.1, 0.15) is 18.0 Å². The molecular weight excluding hydrogens is 537 g/mol. The number of piperazine rings is 1. The van der Waals surface area contributed by atoms with Crippen molar-refractivity contribution in [2.75, 3.05) is 71.4 Å². The van der Waals surface area contributed by atoms with Crippen LogP contribution in [0.3, 0.4) is 0 Å². The van der Waals surface area contributed by atoms with E-state index in [2.05, 4.69) is 30.8 Å². The summed E-state index contributed by atoms with van der Waals surface area (Å²) in [5.74, 6) is 1.05. The minimum atomic E-state index is -0.531. The SMILES string of the molecule is CN1CC(=O)NCCCOc2cc3c(ncnc3cc2OCCCN2CCNCC2)Nc2cc(Cl)c(F)cc2C1. The molecule has 0 atom stereocenters. The lowest BCUT2D eigenvalue weighted by molar-refractivity contribution is -0.122. The van der Waals surface area contributed by atoms with Crippen LogP contribution in [0.5, 0.6) is 11.5 Å². The van der Waals surface area contributed by atoms with Crippen molar-refractivity contribution in [1.29, 1.82) is 0 Å². The highest BCUT2D eigenvalue weighted by Crippen LogP contribution is 2.36. The number of carbonyl (C=O) groups is 1. The van der Waals surface area contributed by atoms with Crippen molar-refractivity contribution in [1.82, 2.24) is 30.4 Å². The van der Waals surface area contributed by atoms with Crippen LogP contribution in [-0.4, -0.2) is 91.7 Å². The van der Waals surface area contributed by atoms with E-state index in [0.29, 0.717) is 66.8 Å². The summed E-state index contributed by atoms with van der Waals surface area (Å²) in [7, 11) is 1.81. The number of halogens is 2. The fraction of sp³-hybridized carbons (Fsp3) is 0.464. The first-order valence-corrected chi connectivity index (χ1v) is 14.0. The number of nitrogens with one attached hydrogen (secondary N) is 3. The zero-order valence-corrected chi connectivity index (χ0v) is 23.4. The van der Waals surface area contributed by atoms with Gasteiger partial charge in [-0.15, -0.1) is 0 Å². The summed E-state index contributed by atoms with van der Waals surface area (Å²) in [6.07, 6.45) is 2.99. The molecule has 0 aliphatic carbocycles. The quantitative estimate of drug-likeness (QED) is 0.398. The van der Waals surface area contributed by atoms with Crippen LogP contribution in [0.4, 0.5) is 15.9 Å². The number of benzene rings is 2. The van der Waals surface area contributed by atoms with Gasteiger partial charge < -0.3 is 30.3 Å². The number of ether oxygens (including phenoxy) is 2. The van der Waals surface area contributed by atoms with Crippen molar-refractivity contribution in [2.45, 2.75) is 19.4 Å². The lowest BCUT2D eigenvalue weighted by atomic mass is 10.1. The summed E-state index contributed by atoms with van der Waals surface area (Å²) in [6.45, 7) is 6.99. The lowest BCUT2D eigenvalue weighted by Crippen LogP contribution is -2.43. The lowest BCUT2D eigenvalue weighted by Gasteiger charge is -2.27. The summed E-state index contributed by atoms with van der Waals surface area (Å²) in [4.78, 5) is 25.6. The molecule has 1 amide bonds. The zero-order valence-electron chi connectivity index (χ0n) is 22.6. The molecule has 5 rings (SSSR count). The molecule has 1 fully saturated rings. The van der Waals surface area contributed by atoms with Gasteiger partial charge in [-0.1, -0.05) is 11.6 Å². The molecule has 3 heterocycles. The van der Waals surface area contributed by atoms with E-state index in [1.165, 1.54) is 18.5 Å². The number of hydrogen-bond acceptors (Lipinski definition) is 9. The Morgan fingerprint density at radius 3 is 2.83 bits per heavy atom. The molecule has 2 bridgehead atoms. The third kappa shape index (κ3) is 7.28. The molecule has 2 aliphatic rings. The largest absolute Gasteiger partial charge is 0.490 e. The molecule has 1 saturated heterocycles. The molecule has 40 heavy (non-hydrogen) atoms. The van der Waals surface area contributed by atoms with Gasteiger partial charge in [0.2, 0.25) is 5.91 Å². The van der Waals surface area contributed by atoms with E-state index in [-0.39, 0.29) is 17.5 Å². The molecule has 1 aromatic heterocycles. The summed E-state index contributed by atoms with van der Waals surface area (Å²) >= 11 is 6.15. The van der Waals surface area contributed by atoms with Crippen LogP contribution in [0.1, 0.15) is 18.4 Å². The maximum atomic E-state index is 14.4. The first-order valence-electron chi connectivity index (χ1n) is 13.6. The van der Waals surface area contributed by atoms with Crippen LogP contribution in [0.2, 0.25) is 5.02 Å². The van der Waals surface area contributed by atoms with Gasteiger partial charge >= 0.3 is 0 Å². The molecule has 10 nitrogen and oxygen atoms in total. The van der Waals surface area contributed by atoms with Crippen molar-refractivity contribution >= 4 is 39.9 Å². The second-order valence-electron chi connectivity index (χ2n) is 10.1. The Bertz CT molecular complexity index is 1340. The van der Waals surface area contributed by atoms with Gasteiger partial charge in [-0.25, -0.2) is 14.4 Å². The molecule has 3 aromatic rings. The van der Waals surface area contributed by atoms with Crippen LogP contribution < -0.4 is 25.4 Å². The minimum absolute atomic E-state index is 0.0139.